The van der Waals surface area contributed by atoms with Crippen LogP contribution in [0.4, 0.5) is 0 Å². The van der Waals surface area contributed by atoms with E-state index in [1.807, 2.05) is 12.1 Å². The Morgan fingerprint density at radius 1 is 1.37 bits per heavy atom. The summed E-state index contributed by atoms with van der Waals surface area (Å²) in [4.78, 5) is 0. The Morgan fingerprint density at radius 3 is 2.58 bits per heavy atom. The number of unbranched alkanes of at least 4 members (excludes halogenated alkanes) is 1. The van der Waals surface area contributed by atoms with Gasteiger partial charge in [0.15, 0.2) is 0 Å². The van der Waals surface area contributed by atoms with Gasteiger partial charge in [0.2, 0.25) is 10.0 Å². The standard InChI is InChI=1S/C13H18N2O3S/c1-13(16,12-7-3-2-4-8-12)11-15-19(17,18)10-6-5-9-14/h2-4,7-8,15-16H,5-6,10-11H2,1H3/t13-/m0/s1. The van der Waals surface area contributed by atoms with Gasteiger partial charge in [-0.25, -0.2) is 13.1 Å². The van der Waals surface area contributed by atoms with E-state index in [1.165, 1.54) is 0 Å². The highest BCUT2D eigenvalue weighted by Crippen LogP contribution is 2.19. The largest absolute Gasteiger partial charge is 0.384 e. The van der Waals surface area contributed by atoms with Gasteiger partial charge in [-0.1, -0.05) is 30.3 Å². The average molecular weight is 282 g/mol. The smallest absolute Gasteiger partial charge is 0.211 e. The number of benzene rings is 1. The minimum atomic E-state index is -3.46. The van der Waals surface area contributed by atoms with E-state index in [1.54, 1.807) is 31.2 Å². The van der Waals surface area contributed by atoms with Crippen molar-refractivity contribution in [1.29, 1.82) is 5.26 Å². The van der Waals surface area contributed by atoms with Crippen LogP contribution in [0.2, 0.25) is 0 Å². The van der Waals surface area contributed by atoms with Crippen LogP contribution in [0.3, 0.4) is 0 Å². The summed E-state index contributed by atoms with van der Waals surface area (Å²) in [6.07, 6.45) is 0.495. The fraction of sp³-hybridized carbons (Fsp3) is 0.462. The van der Waals surface area contributed by atoms with Crippen molar-refractivity contribution in [2.75, 3.05) is 12.3 Å². The van der Waals surface area contributed by atoms with E-state index in [4.69, 9.17) is 5.26 Å². The normalized spacial score (nSPS) is 14.6. The summed E-state index contributed by atoms with van der Waals surface area (Å²) in [5, 5.41) is 18.6. The Morgan fingerprint density at radius 2 is 2.00 bits per heavy atom. The highest BCUT2D eigenvalue weighted by atomic mass is 32.2. The molecule has 5 nitrogen and oxygen atoms in total. The number of aliphatic hydroxyl groups is 1. The number of nitrogens with zero attached hydrogens (tertiary/aromatic N) is 1. The molecule has 0 heterocycles. The van der Waals surface area contributed by atoms with Gasteiger partial charge < -0.3 is 5.11 Å². The predicted octanol–water partition coefficient (Wildman–Crippen LogP) is 1.12. The van der Waals surface area contributed by atoms with Crippen LogP contribution in [-0.4, -0.2) is 25.8 Å². The number of hydrogen-bond acceptors (Lipinski definition) is 4. The summed E-state index contributed by atoms with van der Waals surface area (Å²) in [5.41, 5.74) is -0.612. The van der Waals surface area contributed by atoms with Crippen molar-refractivity contribution in [3.05, 3.63) is 35.9 Å². The Labute approximate surface area is 113 Å². The van der Waals surface area contributed by atoms with Crippen molar-refractivity contribution in [3.63, 3.8) is 0 Å². The van der Waals surface area contributed by atoms with E-state index in [0.29, 0.717) is 12.0 Å². The van der Waals surface area contributed by atoms with E-state index in [2.05, 4.69) is 4.72 Å². The third kappa shape index (κ3) is 5.39. The number of nitrogens with one attached hydrogen (secondary N) is 1. The van der Waals surface area contributed by atoms with Crippen molar-refractivity contribution in [2.24, 2.45) is 0 Å². The molecule has 0 unspecified atom stereocenters. The van der Waals surface area contributed by atoms with Gasteiger partial charge in [0.25, 0.3) is 0 Å². The second kappa shape index (κ2) is 6.66. The first kappa shape index (κ1) is 15.6. The Hall–Kier alpha value is -1.42. The van der Waals surface area contributed by atoms with Gasteiger partial charge in [-0.2, -0.15) is 5.26 Å². The highest BCUT2D eigenvalue weighted by Gasteiger charge is 2.24. The van der Waals surface area contributed by atoms with Crippen molar-refractivity contribution >= 4 is 10.0 Å². The monoisotopic (exact) mass is 282 g/mol. The summed E-state index contributed by atoms with van der Waals surface area (Å²) in [6.45, 7) is 1.46. The second-order valence-corrected chi connectivity index (χ2v) is 6.47. The van der Waals surface area contributed by atoms with Crippen molar-refractivity contribution < 1.29 is 13.5 Å². The molecule has 2 N–H and O–H groups in total. The molecule has 1 rings (SSSR count). The summed E-state index contributed by atoms with van der Waals surface area (Å²) in [6, 6.07) is 10.8. The molecule has 19 heavy (non-hydrogen) atoms. The molecular weight excluding hydrogens is 264 g/mol. The number of sulfonamides is 1. The van der Waals surface area contributed by atoms with Gasteiger partial charge >= 0.3 is 0 Å². The fourth-order valence-corrected chi connectivity index (χ4v) is 2.73. The van der Waals surface area contributed by atoms with Crippen LogP contribution in [0.1, 0.15) is 25.3 Å². The second-order valence-electron chi connectivity index (χ2n) is 4.54. The molecule has 0 saturated carbocycles. The van der Waals surface area contributed by atoms with Crippen LogP contribution in [0.25, 0.3) is 0 Å². The molecule has 1 aromatic carbocycles. The van der Waals surface area contributed by atoms with Crippen LogP contribution < -0.4 is 4.72 Å². The lowest BCUT2D eigenvalue weighted by molar-refractivity contribution is 0.0627. The summed E-state index contributed by atoms with van der Waals surface area (Å²) >= 11 is 0. The fourth-order valence-electron chi connectivity index (χ4n) is 1.56. The maximum Gasteiger partial charge on any atom is 0.211 e. The maximum atomic E-state index is 11.7. The topological polar surface area (TPSA) is 90.2 Å². The molecule has 0 amide bonds. The first-order valence-electron chi connectivity index (χ1n) is 5.99. The summed E-state index contributed by atoms with van der Waals surface area (Å²) in [7, 11) is -3.46. The first-order chi connectivity index (χ1) is 8.87. The quantitative estimate of drug-likeness (QED) is 0.733. The number of hydrogen-bond donors (Lipinski definition) is 2. The summed E-state index contributed by atoms with van der Waals surface area (Å²) < 4.78 is 25.7. The van der Waals surface area contributed by atoms with Gasteiger partial charge in [0.1, 0.15) is 5.60 Å². The van der Waals surface area contributed by atoms with Crippen molar-refractivity contribution in [2.45, 2.75) is 25.4 Å². The zero-order chi connectivity index (χ0) is 14.4. The van der Waals surface area contributed by atoms with E-state index in [-0.39, 0.29) is 18.7 Å². The van der Waals surface area contributed by atoms with E-state index in [0.717, 1.165) is 0 Å². The van der Waals surface area contributed by atoms with Crippen LogP contribution in [0, 0.1) is 11.3 Å². The Bertz CT molecular complexity index is 533. The van der Waals surface area contributed by atoms with E-state index >= 15 is 0 Å². The minimum Gasteiger partial charge on any atom is -0.384 e. The Balaban J connectivity index is 2.58. The first-order valence-corrected chi connectivity index (χ1v) is 7.65. The zero-order valence-corrected chi connectivity index (χ0v) is 11.7. The minimum absolute atomic E-state index is 0.0914. The lowest BCUT2D eigenvalue weighted by Crippen LogP contribution is -2.39. The third-order valence-corrected chi connectivity index (χ3v) is 4.14. The molecule has 0 aliphatic heterocycles. The molecule has 0 bridgehead atoms. The molecule has 6 heteroatoms. The van der Waals surface area contributed by atoms with Crippen LogP contribution in [0.5, 0.6) is 0 Å². The van der Waals surface area contributed by atoms with Gasteiger partial charge in [0, 0.05) is 13.0 Å². The van der Waals surface area contributed by atoms with Gasteiger partial charge in [-0.05, 0) is 18.9 Å². The van der Waals surface area contributed by atoms with Crippen LogP contribution >= 0.6 is 0 Å². The van der Waals surface area contributed by atoms with Gasteiger partial charge in [-0.3, -0.25) is 0 Å². The Kier molecular flexibility index (Phi) is 5.48. The third-order valence-electron chi connectivity index (χ3n) is 2.73. The van der Waals surface area contributed by atoms with Crippen molar-refractivity contribution in [3.8, 4) is 6.07 Å². The van der Waals surface area contributed by atoms with E-state index < -0.39 is 15.6 Å². The lowest BCUT2D eigenvalue weighted by Gasteiger charge is -2.24. The van der Waals surface area contributed by atoms with Crippen LogP contribution in [-0.2, 0) is 15.6 Å². The molecule has 0 fully saturated rings. The lowest BCUT2D eigenvalue weighted by atomic mass is 9.97. The SMILES string of the molecule is C[C@](O)(CNS(=O)(=O)CCCC#N)c1ccccc1. The predicted molar refractivity (Wildman–Crippen MR) is 72.6 cm³/mol. The zero-order valence-electron chi connectivity index (χ0n) is 10.8. The molecule has 0 aromatic heterocycles. The molecule has 0 aliphatic carbocycles. The maximum absolute atomic E-state index is 11.7. The van der Waals surface area contributed by atoms with Crippen molar-refractivity contribution in [1.82, 2.24) is 4.72 Å². The number of rotatable bonds is 7. The van der Waals surface area contributed by atoms with Gasteiger partial charge in [-0.15, -0.1) is 0 Å². The average Bonchev–Trinajstić information content (AvgIpc) is 2.38. The van der Waals surface area contributed by atoms with E-state index in [9.17, 15) is 13.5 Å². The molecule has 0 saturated heterocycles. The molecular formula is C13H18N2O3S. The molecule has 0 radical (unpaired) electrons. The van der Waals surface area contributed by atoms with Gasteiger partial charge in [0.05, 0.1) is 11.8 Å². The molecule has 1 atom stereocenters. The molecule has 104 valence electrons. The number of nitriles is 1. The van der Waals surface area contributed by atoms with Crippen LogP contribution in [0.15, 0.2) is 30.3 Å². The molecule has 1 aromatic rings. The molecule has 0 spiro atoms. The highest BCUT2D eigenvalue weighted by molar-refractivity contribution is 7.89. The summed E-state index contributed by atoms with van der Waals surface area (Å²) in [5.74, 6) is -0.106. The molecule has 0 aliphatic rings.